The summed E-state index contributed by atoms with van der Waals surface area (Å²) in [6.45, 7) is 7.64. The van der Waals surface area contributed by atoms with E-state index in [1.54, 1.807) is 23.1 Å². The molecule has 8 rings (SSSR count). The predicted molar refractivity (Wildman–Crippen MR) is 223 cm³/mol. The number of allylic oxidation sites excluding steroid dienone is 1. The van der Waals surface area contributed by atoms with Crippen molar-refractivity contribution in [2.45, 2.75) is 45.2 Å². The molecule has 296 valence electrons. The Morgan fingerprint density at radius 3 is 2.24 bits per heavy atom. The van der Waals surface area contributed by atoms with E-state index in [-0.39, 0.29) is 24.0 Å². The standard InChI is InChI=1S/C47H47N5O6/c1-2-40(32-7-4-3-5-8-32)45(33-9-14-37(53)15-10-33)34-11-16-38(17-12-34)58-44-22-13-36(30-48-44)51-26-24-50(25-27-51)23-6-28-57-39-18-19-41-35(29-39)31-52(47(41)56)42-20-21-43(54)49-46(42)55/h3-5,7-19,22,29-30,42,53H,2,6,20-21,23-28,31H2,1H3,(H,49,54,55). The highest BCUT2D eigenvalue weighted by molar-refractivity contribution is 6.05. The van der Waals surface area contributed by atoms with Gasteiger partial charge in [-0.2, -0.15) is 0 Å². The largest absolute Gasteiger partial charge is 0.508 e. The Balaban J connectivity index is 0.804. The number of carbonyl (C=O) groups excluding carboxylic acids is 3. The van der Waals surface area contributed by atoms with Crippen LogP contribution in [-0.2, 0) is 16.1 Å². The number of hydrogen-bond acceptors (Lipinski definition) is 9. The molecule has 58 heavy (non-hydrogen) atoms. The molecule has 3 amide bonds. The number of pyridine rings is 1. The number of ether oxygens (including phenoxy) is 2. The number of fused-ring (bicyclic) bond motifs is 1. The number of phenols is 1. The third-order valence-corrected chi connectivity index (χ3v) is 11.1. The van der Waals surface area contributed by atoms with Crippen molar-refractivity contribution in [1.82, 2.24) is 20.1 Å². The average Bonchev–Trinajstić information content (AvgIpc) is 3.57. The Hall–Kier alpha value is -6.46. The minimum absolute atomic E-state index is 0.183. The highest BCUT2D eigenvalue weighted by Crippen LogP contribution is 2.36. The van der Waals surface area contributed by atoms with Gasteiger partial charge in [0.05, 0.1) is 18.5 Å². The first-order chi connectivity index (χ1) is 28.3. The van der Waals surface area contributed by atoms with Gasteiger partial charge in [0.25, 0.3) is 5.91 Å². The zero-order valence-corrected chi connectivity index (χ0v) is 32.6. The van der Waals surface area contributed by atoms with Gasteiger partial charge in [-0.25, -0.2) is 4.98 Å². The Bertz CT molecular complexity index is 2290. The lowest BCUT2D eigenvalue weighted by Crippen LogP contribution is -2.52. The summed E-state index contributed by atoms with van der Waals surface area (Å²) in [5.74, 6) is 1.29. The van der Waals surface area contributed by atoms with Crippen molar-refractivity contribution in [3.05, 3.63) is 143 Å². The number of piperazine rings is 1. The number of anilines is 1. The molecule has 0 radical (unpaired) electrons. The van der Waals surface area contributed by atoms with E-state index in [1.807, 2.05) is 54.7 Å². The van der Waals surface area contributed by atoms with Crippen molar-refractivity contribution in [2.24, 2.45) is 0 Å². The fourth-order valence-electron chi connectivity index (χ4n) is 8.09. The van der Waals surface area contributed by atoms with E-state index in [4.69, 9.17) is 9.47 Å². The van der Waals surface area contributed by atoms with Crippen molar-refractivity contribution in [3.8, 4) is 23.1 Å². The summed E-state index contributed by atoms with van der Waals surface area (Å²) < 4.78 is 12.2. The van der Waals surface area contributed by atoms with Crippen LogP contribution in [0.2, 0.25) is 0 Å². The Morgan fingerprint density at radius 2 is 1.55 bits per heavy atom. The van der Waals surface area contributed by atoms with Crippen molar-refractivity contribution in [1.29, 1.82) is 0 Å². The first-order valence-corrected chi connectivity index (χ1v) is 20.0. The Kier molecular flexibility index (Phi) is 11.5. The number of carbonyl (C=O) groups is 3. The summed E-state index contributed by atoms with van der Waals surface area (Å²) in [7, 11) is 0. The number of hydrogen-bond donors (Lipinski definition) is 2. The monoisotopic (exact) mass is 777 g/mol. The third kappa shape index (κ3) is 8.59. The summed E-state index contributed by atoms with van der Waals surface area (Å²) in [6, 6.07) is 34.7. The minimum Gasteiger partial charge on any atom is -0.508 e. The number of aromatic nitrogens is 1. The van der Waals surface area contributed by atoms with Crippen LogP contribution >= 0.6 is 0 Å². The zero-order chi connectivity index (χ0) is 40.0. The molecule has 0 bridgehead atoms. The molecule has 0 spiro atoms. The van der Waals surface area contributed by atoms with Gasteiger partial charge in [-0.1, -0.05) is 61.5 Å². The zero-order valence-electron chi connectivity index (χ0n) is 32.6. The van der Waals surface area contributed by atoms with Gasteiger partial charge < -0.3 is 24.4 Å². The number of nitrogens with zero attached hydrogens (tertiary/aromatic N) is 4. The second-order valence-corrected chi connectivity index (χ2v) is 14.9. The average molecular weight is 778 g/mol. The van der Waals surface area contributed by atoms with Gasteiger partial charge >= 0.3 is 0 Å². The van der Waals surface area contributed by atoms with Crippen molar-refractivity contribution >= 4 is 34.6 Å². The van der Waals surface area contributed by atoms with E-state index in [1.165, 1.54) is 11.1 Å². The van der Waals surface area contributed by atoms with Crippen LogP contribution in [0.4, 0.5) is 5.69 Å². The highest BCUT2D eigenvalue weighted by atomic mass is 16.5. The molecule has 11 nitrogen and oxygen atoms in total. The number of piperidine rings is 1. The van der Waals surface area contributed by atoms with E-state index >= 15 is 0 Å². The molecule has 0 saturated carbocycles. The number of aromatic hydroxyl groups is 1. The van der Waals surface area contributed by atoms with E-state index in [0.717, 1.165) is 73.5 Å². The number of nitrogens with one attached hydrogen (secondary N) is 1. The van der Waals surface area contributed by atoms with Crippen LogP contribution < -0.4 is 19.7 Å². The van der Waals surface area contributed by atoms with Gasteiger partial charge in [0.1, 0.15) is 23.3 Å². The lowest BCUT2D eigenvalue weighted by molar-refractivity contribution is -0.136. The van der Waals surface area contributed by atoms with Gasteiger partial charge in [-0.05, 0) is 101 Å². The molecule has 1 unspecified atom stereocenters. The summed E-state index contributed by atoms with van der Waals surface area (Å²) in [6.07, 6.45) is 4.17. The SMILES string of the molecule is CCC(=C(c1ccc(O)cc1)c1ccc(Oc2ccc(N3CCN(CCCOc4ccc5c(c4)CN(C4CCC(=O)NC4=O)C5=O)CC3)cn2)cc1)c1ccccc1. The molecule has 2 N–H and O–H groups in total. The molecular formula is C47H47N5O6. The molecule has 11 heteroatoms. The number of imide groups is 1. The van der Waals surface area contributed by atoms with Gasteiger partial charge in [0, 0.05) is 57.3 Å². The quantitative estimate of drug-likeness (QED) is 0.0720. The third-order valence-electron chi connectivity index (χ3n) is 11.1. The van der Waals surface area contributed by atoms with Gasteiger partial charge in [-0.15, -0.1) is 0 Å². The molecule has 2 fully saturated rings. The van der Waals surface area contributed by atoms with E-state index in [9.17, 15) is 19.5 Å². The molecule has 4 heterocycles. The fraction of sp³-hybridized carbons (Fsp3) is 0.277. The van der Waals surface area contributed by atoms with E-state index < -0.39 is 11.9 Å². The number of phenolic OH excluding ortho intramolecular Hbond substituents is 1. The maximum atomic E-state index is 13.0. The molecule has 5 aromatic rings. The molecule has 2 saturated heterocycles. The molecule has 1 atom stereocenters. The van der Waals surface area contributed by atoms with Crippen LogP contribution in [0.5, 0.6) is 23.1 Å². The normalized spacial score (nSPS) is 17.5. The maximum absolute atomic E-state index is 13.0. The van der Waals surface area contributed by atoms with Gasteiger partial charge in [-0.3, -0.25) is 24.6 Å². The van der Waals surface area contributed by atoms with E-state index in [0.29, 0.717) is 42.5 Å². The summed E-state index contributed by atoms with van der Waals surface area (Å²) >= 11 is 0. The van der Waals surface area contributed by atoms with Crippen LogP contribution in [0.25, 0.3) is 11.1 Å². The lowest BCUT2D eigenvalue weighted by atomic mass is 9.88. The first-order valence-electron chi connectivity index (χ1n) is 20.0. The Morgan fingerprint density at radius 1 is 0.828 bits per heavy atom. The van der Waals surface area contributed by atoms with Crippen molar-refractivity contribution < 1.29 is 29.0 Å². The molecule has 4 aromatic carbocycles. The maximum Gasteiger partial charge on any atom is 0.255 e. The molecule has 3 aliphatic heterocycles. The predicted octanol–water partition coefficient (Wildman–Crippen LogP) is 7.30. The number of rotatable bonds is 13. The lowest BCUT2D eigenvalue weighted by Gasteiger charge is -2.35. The highest BCUT2D eigenvalue weighted by Gasteiger charge is 2.39. The minimum atomic E-state index is -0.626. The van der Waals surface area contributed by atoms with Crippen molar-refractivity contribution in [3.63, 3.8) is 0 Å². The summed E-state index contributed by atoms with van der Waals surface area (Å²) in [4.78, 5) is 47.9. The first kappa shape index (κ1) is 38.4. The second kappa shape index (κ2) is 17.4. The second-order valence-electron chi connectivity index (χ2n) is 14.9. The fourth-order valence-corrected chi connectivity index (χ4v) is 8.09. The van der Waals surface area contributed by atoms with Gasteiger partial charge in [0.2, 0.25) is 17.7 Å². The molecule has 1 aromatic heterocycles. The van der Waals surface area contributed by atoms with Crippen LogP contribution in [0, 0.1) is 0 Å². The smallest absolute Gasteiger partial charge is 0.255 e. The number of amides is 3. The van der Waals surface area contributed by atoms with Gasteiger partial charge in [0.15, 0.2) is 0 Å². The summed E-state index contributed by atoms with van der Waals surface area (Å²) in [5, 5.41) is 12.3. The topological polar surface area (TPSA) is 125 Å². The van der Waals surface area contributed by atoms with E-state index in [2.05, 4.69) is 69.5 Å². The number of benzene rings is 4. The molecule has 3 aliphatic rings. The molecule has 0 aliphatic carbocycles. The van der Waals surface area contributed by atoms with Crippen LogP contribution in [0.1, 0.15) is 65.2 Å². The Labute approximate surface area is 338 Å². The molecular weight excluding hydrogens is 731 g/mol. The van der Waals surface area contributed by atoms with Crippen LogP contribution in [0.3, 0.4) is 0 Å². The van der Waals surface area contributed by atoms with Crippen molar-refractivity contribution in [2.75, 3.05) is 44.2 Å². The van der Waals surface area contributed by atoms with Crippen LogP contribution in [0.15, 0.2) is 115 Å². The van der Waals surface area contributed by atoms with Crippen LogP contribution in [-0.4, -0.2) is 83.0 Å². The summed E-state index contributed by atoms with van der Waals surface area (Å²) in [5.41, 5.74) is 8.09.